The first-order valence-corrected chi connectivity index (χ1v) is 10.5. The molecule has 1 aliphatic rings. The van der Waals surface area contributed by atoms with Gasteiger partial charge in [0.25, 0.3) is 0 Å². The van der Waals surface area contributed by atoms with Crippen LogP contribution in [0.3, 0.4) is 0 Å². The molecule has 0 atom stereocenters. The Hall–Kier alpha value is -2.25. The number of carbonyl (C=O) groups excluding carboxylic acids is 1. The van der Waals surface area contributed by atoms with Crippen molar-refractivity contribution in [3.8, 4) is 0 Å². The van der Waals surface area contributed by atoms with E-state index in [9.17, 15) is 17.6 Å². The van der Waals surface area contributed by atoms with Gasteiger partial charge in [-0.3, -0.25) is 4.79 Å². The number of nitrogens with one attached hydrogen (secondary N) is 1. The van der Waals surface area contributed by atoms with E-state index in [2.05, 4.69) is 4.72 Å². The minimum absolute atomic E-state index is 0.00661. The quantitative estimate of drug-likeness (QED) is 0.824. The highest BCUT2D eigenvalue weighted by Gasteiger charge is 2.19. The van der Waals surface area contributed by atoms with Gasteiger partial charge in [0.15, 0.2) is 0 Å². The average Bonchev–Trinajstić information content (AvgIpc) is 2.65. The molecule has 0 fully saturated rings. The molecule has 3 rings (SSSR count). The molecule has 0 unspecified atom stereocenters. The van der Waals surface area contributed by atoms with Crippen molar-refractivity contribution in [1.82, 2.24) is 4.72 Å². The predicted molar refractivity (Wildman–Crippen MR) is 103 cm³/mol. The second-order valence-corrected chi connectivity index (χ2v) is 8.42. The topological polar surface area (TPSA) is 66.5 Å². The molecular weight excluding hydrogens is 367 g/mol. The van der Waals surface area contributed by atoms with Crippen molar-refractivity contribution >= 4 is 21.6 Å². The summed E-state index contributed by atoms with van der Waals surface area (Å²) in [5, 5.41) is 0. The average molecular weight is 390 g/mol. The maximum absolute atomic E-state index is 14.0. The lowest BCUT2D eigenvalue weighted by atomic mass is 9.92. The Morgan fingerprint density at radius 3 is 2.52 bits per heavy atom. The molecule has 27 heavy (non-hydrogen) atoms. The summed E-state index contributed by atoms with van der Waals surface area (Å²) in [7, 11) is -3.69. The smallest absolute Gasteiger partial charge is 0.240 e. The fourth-order valence-corrected chi connectivity index (χ4v) is 4.44. The van der Waals surface area contributed by atoms with Crippen LogP contribution in [0.1, 0.15) is 30.9 Å². The van der Waals surface area contributed by atoms with Gasteiger partial charge >= 0.3 is 0 Å². The third-order valence-electron chi connectivity index (χ3n) is 4.78. The molecule has 0 aliphatic heterocycles. The van der Waals surface area contributed by atoms with Crippen LogP contribution in [0.4, 0.5) is 10.1 Å². The monoisotopic (exact) mass is 390 g/mol. The number of fused-ring (bicyclic) bond motifs is 1. The van der Waals surface area contributed by atoms with E-state index in [1.165, 1.54) is 35.6 Å². The predicted octanol–water partition coefficient (Wildman–Crippen LogP) is 3.04. The molecule has 1 N–H and O–H groups in total. The van der Waals surface area contributed by atoms with Crippen LogP contribution in [0, 0.1) is 5.82 Å². The lowest BCUT2D eigenvalue weighted by Crippen LogP contribution is -2.38. The van der Waals surface area contributed by atoms with Gasteiger partial charge in [0.05, 0.1) is 10.6 Å². The van der Waals surface area contributed by atoms with Crippen LogP contribution in [0.25, 0.3) is 0 Å². The van der Waals surface area contributed by atoms with E-state index in [4.69, 9.17) is 0 Å². The molecule has 0 saturated carbocycles. The van der Waals surface area contributed by atoms with Gasteiger partial charge in [-0.2, -0.15) is 0 Å². The van der Waals surface area contributed by atoms with E-state index < -0.39 is 15.8 Å². The highest BCUT2D eigenvalue weighted by Crippen LogP contribution is 2.24. The summed E-state index contributed by atoms with van der Waals surface area (Å²) in [5.74, 6) is -0.877. The fraction of sp³-hybridized carbons (Fsp3) is 0.350. The zero-order valence-electron chi connectivity index (χ0n) is 15.2. The number of benzene rings is 2. The lowest BCUT2D eigenvalue weighted by Gasteiger charge is -2.22. The third-order valence-corrected chi connectivity index (χ3v) is 6.24. The van der Waals surface area contributed by atoms with E-state index in [1.54, 1.807) is 18.2 Å². The second-order valence-electron chi connectivity index (χ2n) is 6.66. The van der Waals surface area contributed by atoms with Crippen molar-refractivity contribution in [2.24, 2.45) is 0 Å². The third kappa shape index (κ3) is 4.54. The number of amides is 1. The molecule has 1 aliphatic carbocycles. The second kappa shape index (κ2) is 8.19. The van der Waals surface area contributed by atoms with Crippen LogP contribution >= 0.6 is 0 Å². The zero-order chi connectivity index (χ0) is 19.4. The Morgan fingerprint density at radius 1 is 1.11 bits per heavy atom. The summed E-state index contributed by atoms with van der Waals surface area (Å²) in [5.41, 5.74) is 2.43. The molecule has 0 aromatic heterocycles. The van der Waals surface area contributed by atoms with Gasteiger partial charge in [-0.05, 0) is 61.1 Å². The summed E-state index contributed by atoms with van der Waals surface area (Å²) >= 11 is 0. The van der Waals surface area contributed by atoms with Crippen LogP contribution in [0.15, 0.2) is 47.4 Å². The van der Waals surface area contributed by atoms with E-state index in [-0.39, 0.29) is 29.6 Å². The molecule has 2 aromatic rings. The summed E-state index contributed by atoms with van der Waals surface area (Å²) in [6.07, 6.45) is 4.08. The molecule has 0 radical (unpaired) electrons. The van der Waals surface area contributed by atoms with Gasteiger partial charge in [0, 0.05) is 20.0 Å². The minimum atomic E-state index is -3.69. The van der Waals surface area contributed by atoms with Crippen LogP contribution in [-0.4, -0.2) is 27.4 Å². The number of para-hydroxylation sites is 1. The van der Waals surface area contributed by atoms with Crippen molar-refractivity contribution in [3.05, 3.63) is 59.4 Å². The van der Waals surface area contributed by atoms with Crippen molar-refractivity contribution in [1.29, 1.82) is 0 Å². The SMILES string of the molecule is CC(=O)N(CCNS(=O)(=O)c1ccc2c(c1)CCCC2)c1ccccc1F. The van der Waals surface area contributed by atoms with Gasteiger partial charge in [0.1, 0.15) is 5.82 Å². The van der Waals surface area contributed by atoms with Gasteiger partial charge in [-0.25, -0.2) is 17.5 Å². The number of halogens is 1. The number of carbonyl (C=O) groups is 1. The first-order valence-electron chi connectivity index (χ1n) is 9.02. The number of aryl methyl sites for hydroxylation is 2. The number of sulfonamides is 1. The molecule has 2 aromatic carbocycles. The Morgan fingerprint density at radius 2 is 1.81 bits per heavy atom. The molecule has 7 heteroatoms. The van der Waals surface area contributed by atoms with Crippen molar-refractivity contribution in [3.63, 3.8) is 0 Å². The van der Waals surface area contributed by atoms with E-state index in [1.807, 2.05) is 6.07 Å². The Kier molecular flexibility index (Phi) is 5.92. The molecule has 0 bridgehead atoms. The molecule has 0 saturated heterocycles. The molecule has 144 valence electrons. The summed E-state index contributed by atoms with van der Waals surface area (Å²) in [4.78, 5) is 13.3. The summed E-state index contributed by atoms with van der Waals surface area (Å²) in [6.45, 7) is 1.36. The number of hydrogen-bond donors (Lipinski definition) is 1. The summed E-state index contributed by atoms with van der Waals surface area (Å²) < 4.78 is 41.6. The Balaban J connectivity index is 1.69. The van der Waals surface area contributed by atoms with Gasteiger partial charge in [0.2, 0.25) is 15.9 Å². The Bertz CT molecular complexity index is 944. The highest BCUT2D eigenvalue weighted by molar-refractivity contribution is 7.89. The van der Waals surface area contributed by atoms with Crippen LogP contribution in [-0.2, 0) is 27.7 Å². The molecule has 1 amide bonds. The highest BCUT2D eigenvalue weighted by atomic mass is 32.2. The van der Waals surface area contributed by atoms with E-state index >= 15 is 0 Å². The minimum Gasteiger partial charge on any atom is -0.309 e. The van der Waals surface area contributed by atoms with Gasteiger partial charge in [-0.1, -0.05) is 18.2 Å². The number of hydrogen-bond acceptors (Lipinski definition) is 3. The lowest BCUT2D eigenvalue weighted by molar-refractivity contribution is -0.116. The molecule has 0 spiro atoms. The fourth-order valence-electron chi connectivity index (χ4n) is 3.37. The van der Waals surface area contributed by atoms with Crippen LogP contribution < -0.4 is 9.62 Å². The maximum atomic E-state index is 14.0. The van der Waals surface area contributed by atoms with Crippen molar-refractivity contribution < 1.29 is 17.6 Å². The standard InChI is InChI=1S/C20H23FN2O3S/c1-15(24)23(20-9-5-4-8-19(20)21)13-12-22-27(25,26)18-11-10-16-6-2-3-7-17(16)14-18/h4-5,8-11,14,22H,2-3,6-7,12-13H2,1H3. The first-order chi connectivity index (χ1) is 12.9. The maximum Gasteiger partial charge on any atom is 0.240 e. The largest absolute Gasteiger partial charge is 0.309 e. The molecule has 0 heterocycles. The van der Waals surface area contributed by atoms with Crippen LogP contribution in [0.5, 0.6) is 0 Å². The number of anilines is 1. The zero-order valence-corrected chi connectivity index (χ0v) is 16.1. The number of nitrogens with zero attached hydrogens (tertiary/aromatic N) is 1. The number of rotatable bonds is 6. The van der Waals surface area contributed by atoms with Crippen molar-refractivity contribution in [2.45, 2.75) is 37.5 Å². The first kappa shape index (κ1) is 19.5. The molecule has 5 nitrogen and oxygen atoms in total. The van der Waals surface area contributed by atoms with E-state index in [0.29, 0.717) is 0 Å². The molecular formula is C20H23FN2O3S. The normalized spacial score (nSPS) is 13.9. The van der Waals surface area contributed by atoms with Gasteiger partial charge < -0.3 is 4.90 Å². The summed E-state index contributed by atoms with van der Waals surface area (Å²) in [6, 6.07) is 11.2. The van der Waals surface area contributed by atoms with Crippen LogP contribution in [0.2, 0.25) is 0 Å². The Labute approximate surface area is 159 Å². The van der Waals surface area contributed by atoms with Gasteiger partial charge in [-0.15, -0.1) is 0 Å². The van der Waals surface area contributed by atoms with Crippen molar-refractivity contribution in [2.75, 3.05) is 18.0 Å². The van der Waals surface area contributed by atoms with E-state index in [0.717, 1.165) is 31.2 Å².